The molecular weight excluding hydrogens is 284 g/mol. The molecule has 1 aromatic carbocycles. The molecule has 0 fully saturated rings. The lowest BCUT2D eigenvalue weighted by Crippen LogP contribution is -2.27. The molecule has 0 saturated heterocycles. The maximum Gasteiger partial charge on any atom is 0.325 e. The lowest BCUT2D eigenvalue weighted by molar-refractivity contribution is -0.138. The van der Waals surface area contributed by atoms with E-state index in [9.17, 15) is 9.59 Å². The topological polar surface area (TPSA) is 89.5 Å². The van der Waals surface area contributed by atoms with E-state index in [4.69, 9.17) is 5.11 Å². The summed E-state index contributed by atoms with van der Waals surface area (Å²) >= 11 is 0. The number of aliphatic carboxylic acids is 1. The predicted octanol–water partition coefficient (Wildman–Crippen LogP) is 1.26. The number of benzene rings is 1. The quantitative estimate of drug-likeness (QED) is 0.786. The Kier molecular flexibility index (Phi) is 3.25. The predicted molar refractivity (Wildman–Crippen MR) is 79.8 cm³/mol. The standard InChI is InChI=1S/C15H14N4O3/c1-9-3-4-10(2)11(5-9)12-6-13-15(22)18(7-14(20)21)16-8-19(13)17-12/h3-6,8H,7H2,1-2H3,(H,20,21). The van der Waals surface area contributed by atoms with E-state index in [1.165, 1.54) is 10.8 Å². The summed E-state index contributed by atoms with van der Waals surface area (Å²) in [5.74, 6) is -1.12. The van der Waals surface area contributed by atoms with Crippen molar-refractivity contribution >= 4 is 11.5 Å². The smallest absolute Gasteiger partial charge is 0.325 e. The molecule has 0 bridgehead atoms. The van der Waals surface area contributed by atoms with Gasteiger partial charge in [0.2, 0.25) is 0 Å². The zero-order chi connectivity index (χ0) is 15.9. The summed E-state index contributed by atoms with van der Waals surface area (Å²) in [7, 11) is 0. The van der Waals surface area contributed by atoms with E-state index in [-0.39, 0.29) is 0 Å². The van der Waals surface area contributed by atoms with Crippen LogP contribution in [0.25, 0.3) is 16.8 Å². The van der Waals surface area contributed by atoms with E-state index in [2.05, 4.69) is 10.2 Å². The van der Waals surface area contributed by atoms with E-state index in [1.807, 2.05) is 32.0 Å². The number of fused-ring (bicyclic) bond motifs is 1. The number of carbonyl (C=O) groups is 1. The molecule has 1 N–H and O–H groups in total. The lowest BCUT2D eigenvalue weighted by atomic mass is 10.0. The molecule has 0 radical (unpaired) electrons. The summed E-state index contributed by atoms with van der Waals surface area (Å²) in [6, 6.07) is 7.66. The fraction of sp³-hybridized carbons (Fsp3) is 0.200. The van der Waals surface area contributed by atoms with E-state index in [0.29, 0.717) is 11.2 Å². The zero-order valence-electron chi connectivity index (χ0n) is 12.1. The minimum atomic E-state index is -1.12. The molecular formula is C15H14N4O3. The average molecular weight is 298 g/mol. The van der Waals surface area contributed by atoms with Crippen LogP contribution >= 0.6 is 0 Å². The van der Waals surface area contributed by atoms with Crippen molar-refractivity contribution < 1.29 is 9.90 Å². The highest BCUT2D eigenvalue weighted by Gasteiger charge is 2.12. The molecule has 0 aliphatic heterocycles. The Morgan fingerprint density at radius 3 is 2.77 bits per heavy atom. The monoisotopic (exact) mass is 298 g/mol. The third-order valence-corrected chi connectivity index (χ3v) is 3.44. The van der Waals surface area contributed by atoms with Gasteiger partial charge in [0, 0.05) is 5.56 Å². The Balaban J connectivity index is 2.18. The van der Waals surface area contributed by atoms with Gasteiger partial charge < -0.3 is 5.11 Å². The molecule has 7 nitrogen and oxygen atoms in total. The van der Waals surface area contributed by atoms with Crippen LogP contribution in [-0.4, -0.2) is 30.5 Å². The summed E-state index contributed by atoms with van der Waals surface area (Å²) in [5, 5.41) is 17.0. The summed E-state index contributed by atoms with van der Waals surface area (Å²) in [4.78, 5) is 23.0. The zero-order valence-corrected chi connectivity index (χ0v) is 12.1. The first-order chi connectivity index (χ1) is 10.5. The van der Waals surface area contributed by atoms with Crippen molar-refractivity contribution in [2.24, 2.45) is 0 Å². The van der Waals surface area contributed by atoms with Gasteiger partial charge in [0.1, 0.15) is 18.4 Å². The molecule has 112 valence electrons. The van der Waals surface area contributed by atoms with Crippen LogP contribution in [0.2, 0.25) is 0 Å². The Hall–Kier alpha value is -2.96. The first kappa shape index (κ1) is 14.0. The van der Waals surface area contributed by atoms with Crippen LogP contribution in [0.5, 0.6) is 0 Å². The summed E-state index contributed by atoms with van der Waals surface area (Å²) in [5.41, 5.74) is 3.56. The fourth-order valence-electron chi connectivity index (χ4n) is 2.32. The van der Waals surface area contributed by atoms with Gasteiger partial charge in [0.05, 0.1) is 5.69 Å². The highest BCUT2D eigenvalue weighted by atomic mass is 16.4. The van der Waals surface area contributed by atoms with Crippen LogP contribution in [-0.2, 0) is 11.3 Å². The highest BCUT2D eigenvalue weighted by Crippen LogP contribution is 2.23. The number of rotatable bonds is 3. The number of hydrogen-bond acceptors (Lipinski definition) is 4. The minimum Gasteiger partial charge on any atom is -0.480 e. The molecule has 22 heavy (non-hydrogen) atoms. The second kappa shape index (κ2) is 5.10. The van der Waals surface area contributed by atoms with E-state index in [0.717, 1.165) is 21.4 Å². The third-order valence-electron chi connectivity index (χ3n) is 3.44. The van der Waals surface area contributed by atoms with Crippen molar-refractivity contribution in [1.82, 2.24) is 19.4 Å². The van der Waals surface area contributed by atoms with E-state index < -0.39 is 18.1 Å². The lowest BCUT2D eigenvalue weighted by Gasteiger charge is -2.03. The molecule has 0 amide bonds. The molecule has 0 aliphatic rings. The van der Waals surface area contributed by atoms with E-state index >= 15 is 0 Å². The van der Waals surface area contributed by atoms with Crippen molar-refractivity contribution in [1.29, 1.82) is 0 Å². The first-order valence-electron chi connectivity index (χ1n) is 6.70. The van der Waals surface area contributed by atoms with Crippen LogP contribution in [0.4, 0.5) is 0 Å². The van der Waals surface area contributed by atoms with Gasteiger partial charge in [0.15, 0.2) is 0 Å². The van der Waals surface area contributed by atoms with Gasteiger partial charge >= 0.3 is 5.97 Å². The number of aromatic nitrogens is 4. The second-order valence-corrected chi connectivity index (χ2v) is 5.17. The molecule has 0 atom stereocenters. The molecule has 2 aromatic heterocycles. The molecule has 7 heteroatoms. The third kappa shape index (κ3) is 2.37. The van der Waals surface area contributed by atoms with Crippen molar-refractivity contribution in [3.63, 3.8) is 0 Å². The number of aryl methyl sites for hydroxylation is 2. The molecule has 0 unspecified atom stereocenters. The number of nitrogens with zero attached hydrogens (tertiary/aromatic N) is 4. The van der Waals surface area contributed by atoms with Gasteiger partial charge in [-0.15, -0.1) is 0 Å². The van der Waals surface area contributed by atoms with Crippen molar-refractivity contribution in [2.45, 2.75) is 20.4 Å². The van der Waals surface area contributed by atoms with Crippen molar-refractivity contribution in [3.8, 4) is 11.3 Å². The second-order valence-electron chi connectivity index (χ2n) is 5.17. The van der Waals surface area contributed by atoms with Gasteiger partial charge in [-0.25, -0.2) is 9.20 Å². The SMILES string of the molecule is Cc1ccc(C)c(-c2cc3c(=O)n(CC(=O)O)ncn3n2)c1. The largest absolute Gasteiger partial charge is 0.480 e. The Morgan fingerprint density at radius 1 is 1.27 bits per heavy atom. The van der Waals surface area contributed by atoms with Crippen LogP contribution in [0.1, 0.15) is 11.1 Å². The molecule has 3 aromatic rings. The summed E-state index contributed by atoms with van der Waals surface area (Å²) in [6.07, 6.45) is 1.34. The minimum absolute atomic E-state index is 0.298. The van der Waals surface area contributed by atoms with Gasteiger partial charge in [0.25, 0.3) is 5.56 Å². The summed E-state index contributed by atoms with van der Waals surface area (Å²) in [6.45, 7) is 3.49. The van der Waals surface area contributed by atoms with Gasteiger partial charge in [-0.05, 0) is 31.5 Å². The number of carboxylic acid groups (broad SMARTS) is 1. The molecule has 0 saturated carbocycles. The van der Waals surface area contributed by atoms with Crippen LogP contribution in [0, 0.1) is 13.8 Å². The molecule has 3 rings (SSSR count). The van der Waals surface area contributed by atoms with Gasteiger partial charge in [-0.1, -0.05) is 17.7 Å². The fourth-order valence-corrected chi connectivity index (χ4v) is 2.32. The van der Waals surface area contributed by atoms with E-state index in [1.54, 1.807) is 6.07 Å². The van der Waals surface area contributed by atoms with Gasteiger partial charge in [-0.3, -0.25) is 9.59 Å². The Labute approximate surface area is 125 Å². The Bertz CT molecular complexity index is 940. The van der Waals surface area contributed by atoms with Crippen LogP contribution in [0.15, 0.2) is 35.4 Å². The van der Waals surface area contributed by atoms with Crippen molar-refractivity contribution in [3.05, 3.63) is 52.1 Å². The van der Waals surface area contributed by atoms with Crippen molar-refractivity contribution in [2.75, 3.05) is 0 Å². The maximum absolute atomic E-state index is 12.2. The molecule has 2 heterocycles. The molecule has 0 aliphatic carbocycles. The Morgan fingerprint density at radius 2 is 2.05 bits per heavy atom. The maximum atomic E-state index is 12.2. The number of carboxylic acids is 1. The van der Waals surface area contributed by atoms with Crippen LogP contribution < -0.4 is 5.56 Å². The molecule has 0 spiro atoms. The van der Waals surface area contributed by atoms with Crippen LogP contribution in [0.3, 0.4) is 0 Å². The average Bonchev–Trinajstić information content (AvgIpc) is 2.89. The highest BCUT2D eigenvalue weighted by molar-refractivity contribution is 5.69. The normalized spacial score (nSPS) is 11.0. The van der Waals surface area contributed by atoms with Gasteiger partial charge in [-0.2, -0.15) is 10.2 Å². The summed E-state index contributed by atoms with van der Waals surface area (Å²) < 4.78 is 2.28. The first-order valence-corrected chi connectivity index (χ1v) is 6.70. The number of hydrogen-bond donors (Lipinski definition) is 1.